The fourth-order valence-electron chi connectivity index (χ4n) is 3.86. The summed E-state index contributed by atoms with van der Waals surface area (Å²) in [5.74, 6) is 0.918. The van der Waals surface area contributed by atoms with Gasteiger partial charge in [-0.05, 0) is 54.4 Å². The van der Waals surface area contributed by atoms with Crippen LogP contribution in [0.3, 0.4) is 0 Å². The third-order valence-electron chi connectivity index (χ3n) is 5.47. The molecule has 6 nitrogen and oxygen atoms in total. The third-order valence-corrected chi connectivity index (χ3v) is 6.79. The summed E-state index contributed by atoms with van der Waals surface area (Å²) in [6, 6.07) is 21.0. The number of hydrogen-bond acceptors (Lipinski definition) is 5. The van der Waals surface area contributed by atoms with Gasteiger partial charge in [0.2, 0.25) is 11.8 Å². The van der Waals surface area contributed by atoms with Crippen LogP contribution in [0.25, 0.3) is 0 Å². The number of nitrogens with zero attached hydrogens (tertiary/aromatic N) is 1. The lowest BCUT2D eigenvalue weighted by Crippen LogP contribution is -2.38. The number of carbonyl (C=O) groups is 2. The number of methoxy groups -OCH3 is 2. The van der Waals surface area contributed by atoms with Gasteiger partial charge in [0, 0.05) is 22.3 Å². The fourth-order valence-corrected chi connectivity index (χ4v) is 5.13. The highest BCUT2D eigenvalue weighted by molar-refractivity contribution is 7.99. The first-order valence-electron chi connectivity index (χ1n) is 10.6. The molecule has 1 aliphatic heterocycles. The first-order valence-corrected chi connectivity index (χ1v) is 11.5. The molecule has 0 aromatic heterocycles. The summed E-state index contributed by atoms with van der Waals surface area (Å²) in [5.41, 5.74) is 3.48. The molecule has 0 unspecified atom stereocenters. The van der Waals surface area contributed by atoms with Gasteiger partial charge < -0.3 is 19.7 Å². The van der Waals surface area contributed by atoms with Crippen molar-refractivity contribution in [3.8, 4) is 11.5 Å². The maximum absolute atomic E-state index is 13.4. The second-order valence-electron chi connectivity index (χ2n) is 7.79. The van der Waals surface area contributed by atoms with Gasteiger partial charge in [-0.2, -0.15) is 0 Å². The Bertz CT molecular complexity index is 1180. The minimum Gasteiger partial charge on any atom is -0.493 e. The van der Waals surface area contributed by atoms with Gasteiger partial charge in [-0.15, -0.1) is 11.8 Å². The standard InChI is InChI=1S/C26H26N2O4S/c1-17-7-6-8-19(13-17)27-25(29)16-28-20-9-4-5-10-23(20)33-24(15-26(28)30)18-11-12-21(31-2)22(14-18)32-3/h4-14,24H,15-16H2,1-3H3,(H,27,29)/t24-/m0/s1. The SMILES string of the molecule is COc1ccc([C@@H]2CC(=O)N(CC(=O)Nc3cccc(C)c3)c3ccccc3S2)cc1OC. The van der Waals surface area contributed by atoms with Crippen LogP contribution >= 0.6 is 11.8 Å². The number of nitrogens with one attached hydrogen (secondary N) is 1. The minimum atomic E-state index is -0.238. The van der Waals surface area contributed by atoms with E-state index in [2.05, 4.69) is 5.32 Å². The maximum atomic E-state index is 13.4. The molecule has 0 spiro atoms. The number of carbonyl (C=O) groups excluding carboxylic acids is 2. The molecule has 2 amide bonds. The molecule has 0 aliphatic carbocycles. The van der Waals surface area contributed by atoms with E-state index in [4.69, 9.17) is 9.47 Å². The Morgan fingerprint density at radius 3 is 2.58 bits per heavy atom. The zero-order valence-electron chi connectivity index (χ0n) is 18.8. The van der Waals surface area contributed by atoms with Gasteiger partial charge in [0.1, 0.15) is 6.54 Å². The molecule has 170 valence electrons. The number of hydrogen-bond donors (Lipinski definition) is 1. The highest BCUT2D eigenvalue weighted by Gasteiger charge is 2.30. The molecule has 3 aromatic carbocycles. The van der Waals surface area contributed by atoms with E-state index in [9.17, 15) is 9.59 Å². The highest BCUT2D eigenvalue weighted by atomic mass is 32.2. The number of anilines is 2. The second-order valence-corrected chi connectivity index (χ2v) is 9.03. The predicted octanol–water partition coefficient (Wildman–Crippen LogP) is 5.22. The summed E-state index contributed by atoms with van der Waals surface area (Å²) in [6.45, 7) is 1.92. The van der Waals surface area contributed by atoms with E-state index >= 15 is 0 Å². The van der Waals surface area contributed by atoms with E-state index in [-0.39, 0.29) is 30.0 Å². The lowest BCUT2D eigenvalue weighted by molar-refractivity contribution is -0.121. The number of aryl methyl sites for hydroxylation is 1. The molecule has 33 heavy (non-hydrogen) atoms. The molecule has 3 aromatic rings. The molecule has 1 aliphatic rings. The van der Waals surface area contributed by atoms with Gasteiger partial charge in [0.25, 0.3) is 0 Å². The van der Waals surface area contributed by atoms with Crippen molar-refractivity contribution in [3.05, 3.63) is 77.9 Å². The van der Waals surface area contributed by atoms with Crippen LogP contribution in [0.4, 0.5) is 11.4 Å². The number of benzene rings is 3. The Labute approximate surface area is 197 Å². The summed E-state index contributed by atoms with van der Waals surface area (Å²) in [5, 5.41) is 2.78. The zero-order valence-corrected chi connectivity index (χ0v) is 19.6. The summed E-state index contributed by atoms with van der Waals surface area (Å²) in [7, 11) is 3.19. The largest absolute Gasteiger partial charge is 0.493 e. The number of rotatable bonds is 6. The van der Waals surface area contributed by atoms with E-state index in [0.717, 1.165) is 21.7 Å². The van der Waals surface area contributed by atoms with Crippen LogP contribution in [0.5, 0.6) is 11.5 Å². The van der Waals surface area contributed by atoms with Gasteiger partial charge in [0.15, 0.2) is 11.5 Å². The first-order chi connectivity index (χ1) is 16.0. The van der Waals surface area contributed by atoms with Crippen molar-refractivity contribution in [1.82, 2.24) is 0 Å². The average Bonchev–Trinajstić information content (AvgIpc) is 2.95. The van der Waals surface area contributed by atoms with E-state index in [1.54, 1.807) is 30.9 Å². The molecule has 1 heterocycles. The third kappa shape index (κ3) is 5.14. The van der Waals surface area contributed by atoms with Crippen LogP contribution in [-0.2, 0) is 9.59 Å². The first kappa shape index (κ1) is 22.7. The summed E-state index contributed by atoms with van der Waals surface area (Å²) >= 11 is 1.61. The van der Waals surface area contributed by atoms with Crippen molar-refractivity contribution in [1.29, 1.82) is 0 Å². The number of thioether (sulfide) groups is 1. The van der Waals surface area contributed by atoms with E-state index < -0.39 is 0 Å². The van der Waals surface area contributed by atoms with Crippen molar-refractivity contribution in [2.45, 2.75) is 23.5 Å². The smallest absolute Gasteiger partial charge is 0.244 e. The van der Waals surface area contributed by atoms with Crippen LogP contribution in [0, 0.1) is 6.92 Å². The lowest BCUT2D eigenvalue weighted by Gasteiger charge is -2.22. The van der Waals surface area contributed by atoms with Crippen molar-refractivity contribution < 1.29 is 19.1 Å². The molecular formula is C26H26N2O4S. The summed E-state index contributed by atoms with van der Waals surface area (Å²) < 4.78 is 10.8. The average molecular weight is 463 g/mol. The van der Waals surface area contributed by atoms with Crippen molar-refractivity contribution in [2.24, 2.45) is 0 Å². The van der Waals surface area contributed by atoms with Gasteiger partial charge in [-0.1, -0.05) is 30.3 Å². The number of para-hydroxylation sites is 1. The maximum Gasteiger partial charge on any atom is 0.244 e. The number of amides is 2. The second kappa shape index (κ2) is 10.0. The topological polar surface area (TPSA) is 67.9 Å². The number of ether oxygens (including phenoxy) is 2. The Balaban J connectivity index is 1.60. The van der Waals surface area contributed by atoms with Crippen LogP contribution < -0.4 is 19.7 Å². The van der Waals surface area contributed by atoms with Gasteiger partial charge >= 0.3 is 0 Å². The summed E-state index contributed by atoms with van der Waals surface area (Å²) in [4.78, 5) is 28.7. The van der Waals surface area contributed by atoms with E-state index in [1.807, 2.05) is 73.7 Å². The van der Waals surface area contributed by atoms with Gasteiger partial charge in [0.05, 0.1) is 19.9 Å². The Kier molecular flexibility index (Phi) is 6.89. The van der Waals surface area contributed by atoms with Gasteiger partial charge in [-0.25, -0.2) is 0 Å². The molecule has 0 radical (unpaired) electrons. The van der Waals surface area contributed by atoms with Gasteiger partial charge in [-0.3, -0.25) is 9.59 Å². The minimum absolute atomic E-state index is 0.0526. The molecule has 1 atom stereocenters. The van der Waals surface area contributed by atoms with Crippen molar-refractivity contribution >= 4 is 35.0 Å². The monoisotopic (exact) mass is 462 g/mol. The van der Waals surface area contributed by atoms with Crippen molar-refractivity contribution in [2.75, 3.05) is 31.0 Å². The van der Waals surface area contributed by atoms with Crippen LogP contribution in [0.1, 0.15) is 22.8 Å². The Morgan fingerprint density at radius 1 is 1.03 bits per heavy atom. The molecule has 7 heteroatoms. The van der Waals surface area contributed by atoms with E-state index in [0.29, 0.717) is 17.2 Å². The molecule has 4 rings (SSSR count). The lowest BCUT2D eigenvalue weighted by atomic mass is 10.1. The van der Waals surface area contributed by atoms with Crippen LogP contribution in [0.15, 0.2) is 71.6 Å². The van der Waals surface area contributed by atoms with Crippen LogP contribution in [0.2, 0.25) is 0 Å². The Hall–Kier alpha value is -3.45. The summed E-state index contributed by atoms with van der Waals surface area (Å²) in [6.07, 6.45) is 0.257. The zero-order chi connectivity index (χ0) is 23.4. The molecule has 0 saturated carbocycles. The fraction of sp³-hybridized carbons (Fsp3) is 0.231. The normalized spacial score (nSPS) is 15.4. The predicted molar refractivity (Wildman–Crippen MR) is 131 cm³/mol. The molecule has 0 saturated heterocycles. The molecule has 0 bridgehead atoms. The number of fused-ring (bicyclic) bond motifs is 1. The molecule has 1 N–H and O–H groups in total. The molecule has 0 fully saturated rings. The quantitative estimate of drug-likeness (QED) is 0.544. The van der Waals surface area contributed by atoms with Crippen molar-refractivity contribution in [3.63, 3.8) is 0 Å². The molecular weight excluding hydrogens is 436 g/mol. The highest BCUT2D eigenvalue weighted by Crippen LogP contribution is 2.46. The Morgan fingerprint density at radius 2 is 1.82 bits per heavy atom. The van der Waals surface area contributed by atoms with E-state index in [1.165, 1.54) is 0 Å². The van der Waals surface area contributed by atoms with Crippen LogP contribution in [-0.4, -0.2) is 32.6 Å².